The number of hydrogen-bond acceptors (Lipinski definition) is 7. The Hall–Kier alpha value is -3.20. The zero-order chi connectivity index (χ0) is 20.8. The number of nitrogens with zero attached hydrogens (tertiary/aromatic N) is 5. The molecule has 0 saturated heterocycles. The van der Waals surface area contributed by atoms with Gasteiger partial charge in [0.1, 0.15) is 17.0 Å². The van der Waals surface area contributed by atoms with Crippen molar-refractivity contribution in [2.45, 2.75) is 39.3 Å². The van der Waals surface area contributed by atoms with E-state index in [1.165, 1.54) is 13.3 Å². The topological polar surface area (TPSA) is 111 Å². The van der Waals surface area contributed by atoms with Crippen molar-refractivity contribution in [3.8, 4) is 5.75 Å². The second-order valence-corrected chi connectivity index (χ2v) is 8.11. The Morgan fingerprint density at radius 2 is 2.14 bits per heavy atom. The summed E-state index contributed by atoms with van der Waals surface area (Å²) in [5.41, 5.74) is 9.39. The molecule has 3 aromatic heterocycles. The number of anilines is 2. The van der Waals surface area contributed by atoms with Gasteiger partial charge < -0.3 is 15.8 Å². The number of methoxy groups -OCH3 is 1. The number of nitrogens with two attached hydrogens (primary N) is 1. The normalized spacial score (nSPS) is 14.6. The van der Waals surface area contributed by atoms with Gasteiger partial charge in [0.05, 0.1) is 19.0 Å². The van der Waals surface area contributed by atoms with Crippen LogP contribution in [0.4, 0.5) is 11.5 Å². The molecule has 3 N–H and O–H groups in total. The monoisotopic (exact) mass is 395 g/mol. The summed E-state index contributed by atoms with van der Waals surface area (Å²) in [7, 11) is 1.53. The lowest BCUT2D eigenvalue weighted by molar-refractivity contribution is 0.102. The van der Waals surface area contributed by atoms with Crippen molar-refractivity contribution in [3.05, 3.63) is 41.5 Å². The molecule has 0 aromatic carbocycles. The van der Waals surface area contributed by atoms with Crippen LogP contribution in [-0.2, 0) is 13.0 Å². The summed E-state index contributed by atoms with van der Waals surface area (Å²) >= 11 is 0. The molecule has 9 heteroatoms. The van der Waals surface area contributed by atoms with Gasteiger partial charge in [-0.05, 0) is 20.8 Å². The van der Waals surface area contributed by atoms with Crippen LogP contribution in [0.2, 0.25) is 0 Å². The predicted molar refractivity (Wildman–Crippen MR) is 110 cm³/mol. The zero-order valence-corrected chi connectivity index (χ0v) is 17.1. The summed E-state index contributed by atoms with van der Waals surface area (Å²) in [5.74, 6) is 0.243. The maximum atomic E-state index is 13.0. The van der Waals surface area contributed by atoms with Crippen molar-refractivity contribution < 1.29 is 9.53 Å². The number of pyridine rings is 1. The summed E-state index contributed by atoms with van der Waals surface area (Å²) < 4.78 is 6.86. The number of ether oxygens (including phenoxy) is 1. The van der Waals surface area contributed by atoms with Gasteiger partial charge in [-0.2, -0.15) is 0 Å². The van der Waals surface area contributed by atoms with Crippen LogP contribution < -0.4 is 15.8 Å². The summed E-state index contributed by atoms with van der Waals surface area (Å²) in [6.45, 7) is 8.30. The van der Waals surface area contributed by atoms with E-state index >= 15 is 0 Å². The zero-order valence-electron chi connectivity index (χ0n) is 17.1. The first-order valence-corrected chi connectivity index (χ1v) is 9.49. The molecule has 0 radical (unpaired) electrons. The van der Waals surface area contributed by atoms with E-state index in [1.54, 1.807) is 16.8 Å². The van der Waals surface area contributed by atoms with Crippen LogP contribution >= 0.6 is 0 Å². The first kappa shape index (κ1) is 19.1. The van der Waals surface area contributed by atoms with Gasteiger partial charge in [-0.1, -0.05) is 0 Å². The van der Waals surface area contributed by atoms with E-state index in [4.69, 9.17) is 15.5 Å². The Bertz CT molecular complexity index is 1080. The Morgan fingerprint density at radius 3 is 2.86 bits per heavy atom. The minimum Gasteiger partial charge on any atom is -0.494 e. The van der Waals surface area contributed by atoms with Crippen LogP contribution in [0.3, 0.4) is 0 Å². The van der Waals surface area contributed by atoms with E-state index in [1.807, 2.05) is 6.20 Å². The Morgan fingerprint density at radius 1 is 1.34 bits per heavy atom. The Kier molecular flexibility index (Phi) is 4.62. The molecule has 0 aliphatic carbocycles. The highest BCUT2D eigenvalue weighted by molar-refractivity contribution is 6.12. The molecule has 29 heavy (non-hydrogen) atoms. The van der Waals surface area contributed by atoms with Gasteiger partial charge in [0.15, 0.2) is 11.5 Å². The maximum Gasteiger partial charge on any atom is 0.263 e. The Balaban J connectivity index is 1.70. The molecule has 0 fully saturated rings. The standard InChI is InChI=1S/C20H25N7O2/c1-20(2,3)26-8-6-13-12(10-26)11-27-18(23-13)16(17(21)25-27)19(28)24-14-9-22-7-5-15(14)29-4/h5,7,9,11H,6,8,10H2,1-4H3,(H2,21,25)(H,24,28). The highest BCUT2D eigenvalue weighted by Crippen LogP contribution is 2.28. The van der Waals surface area contributed by atoms with Crippen LogP contribution in [0.1, 0.15) is 42.4 Å². The molecule has 9 nitrogen and oxygen atoms in total. The average molecular weight is 395 g/mol. The summed E-state index contributed by atoms with van der Waals surface area (Å²) in [4.78, 5) is 24.1. The van der Waals surface area contributed by atoms with Crippen LogP contribution in [0, 0.1) is 0 Å². The summed E-state index contributed by atoms with van der Waals surface area (Å²) in [5, 5.41) is 7.12. The molecule has 4 rings (SSSR count). The molecular formula is C20H25N7O2. The molecule has 0 saturated carbocycles. The molecular weight excluding hydrogens is 370 g/mol. The number of aromatic nitrogens is 4. The number of rotatable bonds is 3. The number of nitrogens with one attached hydrogen (secondary N) is 1. The van der Waals surface area contributed by atoms with Crippen LogP contribution in [-0.4, -0.2) is 49.6 Å². The maximum absolute atomic E-state index is 13.0. The van der Waals surface area contributed by atoms with E-state index in [0.29, 0.717) is 17.1 Å². The fourth-order valence-corrected chi connectivity index (χ4v) is 3.56. The Labute approximate surface area is 168 Å². The van der Waals surface area contributed by atoms with Gasteiger partial charge in [-0.3, -0.25) is 14.7 Å². The third kappa shape index (κ3) is 3.49. The summed E-state index contributed by atoms with van der Waals surface area (Å²) in [6.07, 6.45) is 5.85. The van der Waals surface area contributed by atoms with Crippen LogP contribution in [0.25, 0.3) is 5.65 Å². The van der Waals surface area contributed by atoms with E-state index in [9.17, 15) is 4.79 Å². The quantitative estimate of drug-likeness (QED) is 0.699. The molecule has 4 heterocycles. The lowest BCUT2D eigenvalue weighted by Crippen LogP contribution is -2.44. The third-order valence-electron chi connectivity index (χ3n) is 5.21. The van der Waals surface area contributed by atoms with Crippen LogP contribution in [0.5, 0.6) is 5.75 Å². The van der Waals surface area contributed by atoms with Crippen molar-refractivity contribution >= 4 is 23.1 Å². The van der Waals surface area contributed by atoms with Gasteiger partial charge in [0.25, 0.3) is 5.91 Å². The molecule has 0 spiro atoms. The lowest BCUT2D eigenvalue weighted by Gasteiger charge is -2.38. The highest BCUT2D eigenvalue weighted by atomic mass is 16.5. The molecule has 1 amide bonds. The lowest BCUT2D eigenvalue weighted by atomic mass is 9.99. The van der Waals surface area contributed by atoms with E-state index in [2.05, 4.69) is 41.1 Å². The highest BCUT2D eigenvalue weighted by Gasteiger charge is 2.28. The van der Waals surface area contributed by atoms with Crippen molar-refractivity contribution in [1.29, 1.82) is 0 Å². The average Bonchev–Trinajstić information content (AvgIpc) is 2.99. The van der Waals surface area contributed by atoms with E-state index < -0.39 is 5.91 Å². The predicted octanol–water partition coefficient (Wildman–Crippen LogP) is 2.12. The first-order valence-electron chi connectivity index (χ1n) is 9.49. The molecule has 0 unspecified atom stereocenters. The molecule has 1 aliphatic heterocycles. The van der Waals surface area contributed by atoms with Gasteiger partial charge in [0.2, 0.25) is 0 Å². The minimum absolute atomic E-state index is 0.0730. The molecule has 1 aliphatic rings. The molecule has 0 atom stereocenters. The molecule has 0 bridgehead atoms. The number of hydrogen-bond donors (Lipinski definition) is 2. The smallest absolute Gasteiger partial charge is 0.263 e. The number of nitrogen functional groups attached to an aromatic ring is 1. The van der Waals surface area contributed by atoms with Gasteiger partial charge in [-0.25, -0.2) is 9.50 Å². The summed E-state index contributed by atoms with van der Waals surface area (Å²) in [6, 6.07) is 1.67. The minimum atomic E-state index is -0.400. The number of fused-ring (bicyclic) bond motifs is 2. The van der Waals surface area contributed by atoms with Crippen molar-refractivity contribution in [1.82, 2.24) is 24.5 Å². The van der Waals surface area contributed by atoms with E-state index in [-0.39, 0.29) is 16.9 Å². The fourth-order valence-electron chi connectivity index (χ4n) is 3.56. The van der Waals surface area contributed by atoms with E-state index in [0.717, 1.165) is 30.8 Å². The molecule has 3 aromatic rings. The second-order valence-electron chi connectivity index (χ2n) is 8.11. The van der Waals surface area contributed by atoms with Gasteiger partial charge >= 0.3 is 0 Å². The van der Waals surface area contributed by atoms with Gasteiger partial charge in [0, 0.05) is 49.1 Å². The largest absolute Gasteiger partial charge is 0.494 e. The van der Waals surface area contributed by atoms with Crippen molar-refractivity contribution in [3.63, 3.8) is 0 Å². The number of carbonyl (C=O) groups excluding carboxylic acids is 1. The second kappa shape index (κ2) is 7.00. The van der Waals surface area contributed by atoms with Crippen molar-refractivity contribution in [2.24, 2.45) is 0 Å². The van der Waals surface area contributed by atoms with Crippen molar-refractivity contribution in [2.75, 3.05) is 24.7 Å². The fraction of sp³-hybridized carbons (Fsp3) is 0.400. The number of carbonyl (C=O) groups is 1. The van der Waals surface area contributed by atoms with Crippen LogP contribution in [0.15, 0.2) is 24.7 Å². The third-order valence-corrected chi connectivity index (χ3v) is 5.21. The number of amides is 1. The first-order chi connectivity index (χ1) is 13.8. The van der Waals surface area contributed by atoms with Gasteiger partial charge in [-0.15, -0.1) is 5.10 Å². The SMILES string of the molecule is COc1ccncc1NC(=O)c1c(N)nn2cc3c(nc12)CCN(C(C)(C)C)C3. The molecule has 152 valence electrons.